The van der Waals surface area contributed by atoms with Gasteiger partial charge in [0.2, 0.25) is 0 Å². The predicted molar refractivity (Wildman–Crippen MR) is 115 cm³/mol. The minimum atomic E-state index is 0.653. The van der Waals surface area contributed by atoms with E-state index in [0.29, 0.717) is 11.6 Å². The van der Waals surface area contributed by atoms with Gasteiger partial charge in [0.25, 0.3) is 0 Å². The number of fused-ring (bicyclic) bond motifs is 1. The topological polar surface area (TPSA) is 59.1 Å². The van der Waals surface area contributed by atoms with Crippen LogP contribution in [0.25, 0.3) is 10.9 Å². The molecular weight excluding hydrogens is 372 g/mol. The first kappa shape index (κ1) is 18.1. The van der Waals surface area contributed by atoms with E-state index in [9.17, 15) is 0 Å². The van der Waals surface area contributed by atoms with Crippen molar-refractivity contribution in [2.75, 3.05) is 17.7 Å². The Labute approximate surface area is 168 Å². The maximum Gasteiger partial charge on any atom is 0.141 e. The molecule has 140 valence electrons. The van der Waals surface area contributed by atoms with Crippen LogP contribution in [0, 0.1) is 0 Å². The van der Waals surface area contributed by atoms with Crippen molar-refractivity contribution in [2.45, 2.75) is 6.54 Å². The normalized spacial score (nSPS) is 10.6. The molecule has 6 heteroatoms. The molecule has 5 nitrogen and oxygen atoms in total. The fraction of sp³-hybridized carbons (Fsp3) is 0.0909. The quantitative estimate of drug-likeness (QED) is 0.445. The summed E-state index contributed by atoms with van der Waals surface area (Å²) in [5.41, 5.74) is 3.80. The monoisotopic (exact) mass is 390 g/mol. The van der Waals surface area contributed by atoms with Gasteiger partial charge in [-0.05, 0) is 42.5 Å². The van der Waals surface area contributed by atoms with E-state index < -0.39 is 0 Å². The van der Waals surface area contributed by atoms with Crippen LogP contribution in [0.2, 0.25) is 5.02 Å². The number of halogens is 1. The molecule has 4 aromatic rings. The van der Waals surface area contributed by atoms with Gasteiger partial charge in [-0.1, -0.05) is 35.9 Å². The Morgan fingerprint density at radius 2 is 1.82 bits per heavy atom. The number of hydrogen-bond acceptors (Lipinski definition) is 5. The second-order valence-electron chi connectivity index (χ2n) is 6.25. The van der Waals surface area contributed by atoms with Gasteiger partial charge in [0.1, 0.15) is 17.9 Å². The van der Waals surface area contributed by atoms with E-state index in [1.165, 1.54) is 0 Å². The van der Waals surface area contributed by atoms with Crippen molar-refractivity contribution < 1.29 is 4.74 Å². The molecule has 28 heavy (non-hydrogen) atoms. The molecule has 0 saturated carbocycles. The molecule has 0 atom stereocenters. The van der Waals surface area contributed by atoms with E-state index in [2.05, 4.69) is 20.6 Å². The molecule has 2 N–H and O–H groups in total. The van der Waals surface area contributed by atoms with Crippen LogP contribution in [0.3, 0.4) is 0 Å². The second kappa shape index (κ2) is 8.15. The zero-order valence-electron chi connectivity index (χ0n) is 15.3. The zero-order valence-corrected chi connectivity index (χ0v) is 16.1. The van der Waals surface area contributed by atoms with Gasteiger partial charge in [0, 0.05) is 33.9 Å². The van der Waals surface area contributed by atoms with Gasteiger partial charge in [-0.2, -0.15) is 0 Å². The molecule has 0 bridgehead atoms. The lowest BCUT2D eigenvalue weighted by atomic mass is 10.1. The lowest BCUT2D eigenvalue weighted by Crippen LogP contribution is -2.02. The number of nitrogens with zero attached hydrogens (tertiary/aromatic N) is 2. The molecule has 0 aliphatic carbocycles. The van der Waals surface area contributed by atoms with E-state index in [1.807, 2.05) is 66.7 Å². The Balaban J connectivity index is 1.60. The number of ether oxygens (including phenoxy) is 1. The van der Waals surface area contributed by atoms with Crippen molar-refractivity contribution in [1.82, 2.24) is 9.97 Å². The Morgan fingerprint density at radius 3 is 2.68 bits per heavy atom. The first-order valence-corrected chi connectivity index (χ1v) is 9.24. The summed E-state index contributed by atoms with van der Waals surface area (Å²) in [5.74, 6) is 1.59. The highest BCUT2D eigenvalue weighted by molar-refractivity contribution is 6.30. The fourth-order valence-corrected chi connectivity index (χ4v) is 3.21. The number of benzene rings is 3. The number of methoxy groups -OCH3 is 1. The van der Waals surface area contributed by atoms with Gasteiger partial charge >= 0.3 is 0 Å². The first-order valence-electron chi connectivity index (χ1n) is 8.86. The minimum absolute atomic E-state index is 0.653. The summed E-state index contributed by atoms with van der Waals surface area (Å²) in [6.07, 6.45) is 1.55. The molecule has 0 fully saturated rings. The maximum atomic E-state index is 6.09. The Bertz CT molecular complexity index is 1120. The molecule has 0 radical (unpaired) electrons. The van der Waals surface area contributed by atoms with E-state index in [4.69, 9.17) is 16.3 Å². The number of aromatic nitrogens is 2. The number of hydrogen-bond donors (Lipinski definition) is 2. The van der Waals surface area contributed by atoms with Gasteiger partial charge in [-0.25, -0.2) is 9.97 Å². The smallest absolute Gasteiger partial charge is 0.141 e. The number of nitrogens with one attached hydrogen (secondary N) is 2. The highest BCUT2D eigenvalue weighted by atomic mass is 35.5. The van der Waals surface area contributed by atoms with Gasteiger partial charge in [-0.15, -0.1) is 0 Å². The first-order chi connectivity index (χ1) is 13.7. The summed E-state index contributed by atoms with van der Waals surface area (Å²) in [6, 6.07) is 21.5. The molecule has 0 aliphatic heterocycles. The summed E-state index contributed by atoms with van der Waals surface area (Å²) in [4.78, 5) is 8.77. The van der Waals surface area contributed by atoms with Crippen molar-refractivity contribution >= 4 is 39.7 Å². The van der Waals surface area contributed by atoms with Crippen molar-refractivity contribution in [3.8, 4) is 5.75 Å². The average molecular weight is 391 g/mol. The van der Waals surface area contributed by atoms with Crippen LogP contribution >= 0.6 is 11.6 Å². The number of para-hydroxylation sites is 1. The predicted octanol–water partition coefficient (Wildman–Crippen LogP) is 5.65. The molecular formula is C22H19ClN4O. The van der Waals surface area contributed by atoms with Gasteiger partial charge in [-0.3, -0.25) is 0 Å². The maximum absolute atomic E-state index is 6.09. The van der Waals surface area contributed by atoms with E-state index in [0.717, 1.165) is 39.4 Å². The third kappa shape index (κ3) is 4.00. The number of anilines is 3. The molecule has 0 aliphatic rings. The lowest BCUT2D eigenvalue weighted by Gasteiger charge is -2.12. The van der Waals surface area contributed by atoms with Gasteiger partial charge < -0.3 is 15.4 Å². The van der Waals surface area contributed by atoms with Crippen molar-refractivity contribution in [2.24, 2.45) is 0 Å². The van der Waals surface area contributed by atoms with Crippen molar-refractivity contribution in [3.05, 3.63) is 83.6 Å². The zero-order chi connectivity index (χ0) is 19.3. The van der Waals surface area contributed by atoms with E-state index >= 15 is 0 Å². The van der Waals surface area contributed by atoms with Crippen molar-refractivity contribution in [3.63, 3.8) is 0 Å². The van der Waals surface area contributed by atoms with Crippen molar-refractivity contribution in [1.29, 1.82) is 0 Å². The molecule has 1 aromatic heterocycles. The average Bonchev–Trinajstić information content (AvgIpc) is 2.73. The van der Waals surface area contributed by atoms with Gasteiger partial charge in [0.15, 0.2) is 0 Å². The third-order valence-corrected chi connectivity index (χ3v) is 4.63. The molecule has 0 amide bonds. The fourth-order valence-electron chi connectivity index (χ4n) is 3.02. The molecule has 0 spiro atoms. The van der Waals surface area contributed by atoms with Crippen LogP contribution < -0.4 is 15.4 Å². The third-order valence-electron chi connectivity index (χ3n) is 4.40. The molecule has 0 saturated heterocycles. The standard InChI is InChI=1S/C22H19ClN4O/c1-28-21-8-3-2-5-15(21)13-24-17-9-10-20-19(12-17)22(26-14-25-20)27-18-7-4-6-16(23)11-18/h2-12,14,24H,13H2,1H3,(H,25,26,27). The summed E-state index contributed by atoms with van der Waals surface area (Å²) in [7, 11) is 1.68. The second-order valence-corrected chi connectivity index (χ2v) is 6.69. The Hall–Kier alpha value is -3.31. The van der Waals surface area contributed by atoms with Crippen LogP contribution in [0.5, 0.6) is 5.75 Å². The minimum Gasteiger partial charge on any atom is -0.496 e. The Kier molecular flexibility index (Phi) is 5.26. The highest BCUT2D eigenvalue weighted by Crippen LogP contribution is 2.27. The van der Waals surface area contributed by atoms with E-state index in [1.54, 1.807) is 13.4 Å². The SMILES string of the molecule is COc1ccccc1CNc1ccc2ncnc(Nc3cccc(Cl)c3)c2c1. The van der Waals surface area contributed by atoms with Crippen LogP contribution in [0.15, 0.2) is 73.1 Å². The van der Waals surface area contributed by atoms with Crippen LogP contribution in [0.4, 0.5) is 17.2 Å². The molecule has 0 unspecified atom stereocenters. The largest absolute Gasteiger partial charge is 0.496 e. The van der Waals surface area contributed by atoms with Gasteiger partial charge in [0.05, 0.1) is 12.6 Å². The highest BCUT2D eigenvalue weighted by Gasteiger charge is 2.07. The Morgan fingerprint density at radius 1 is 0.929 bits per heavy atom. The van der Waals surface area contributed by atoms with Crippen LogP contribution in [-0.4, -0.2) is 17.1 Å². The lowest BCUT2D eigenvalue weighted by molar-refractivity contribution is 0.410. The summed E-state index contributed by atoms with van der Waals surface area (Å²) < 4.78 is 5.42. The van der Waals surface area contributed by atoms with Crippen LogP contribution in [0.1, 0.15) is 5.56 Å². The molecule has 4 rings (SSSR count). The summed E-state index contributed by atoms with van der Waals surface area (Å²) >= 11 is 6.09. The molecule has 1 heterocycles. The molecule has 3 aromatic carbocycles. The van der Waals surface area contributed by atoms with Crippen LogP contribution in [-0.2, 0) is 6.54 Å². The number of rotatable bonds is 6. The summed E-state index contributed by atoms with van der Waals surface area (Å²) in [6.45, 7) is 0.653. The van der Waals surface area contributed by atoms with E-state index in [-0.39, 0.29) is 0 Å². The summed E-state index contributed by atoms with van der Waals surface area (Å²) in [5, 5.41) is 8.36.